The molecular weight excluding hydrogens is 408 g/mol. The molecule has 126 valence electrons. The number of carbonyl (C=O) groups excluding carboxylic acids is 2. The molecule has 2 aliphatic heterocycles. The van der Waals surface area contributed by atoms with E-state index in [9.17, 15) is 9.59 Å². The van der Waals surface area contributed by atoms with Gasteiger partial charge in [0, 0.05) is 30.5 Å². The van der Waals surface area contributed by atoms with Crippen molar-refractivity contribution in [2.24, 2.45) is 0 Å². The summed E-state index contributed by atoms with van der Waals surface area (Å²) >= 11 is 10.0. The van der Waals surface area contributed by atoms with Gasteiger partial charge in [-0.1, -0.05) is 52.0 Å². The van der Waals surface area contributed by atoms with Crippen LogP contribution in [0.25, 0.3) is 6.08 Å². The summed E-state index contributed by atoms with van der Waals surface area (Å²) in [5, 5.41) is 0. The Morgan fingerprint density at radius 1 is 1.33 bits per heavy atom. The first-order valence-electron chi connectivity index (χ1n) is 7.83. The molecule has 0 aromatic heterocycles. The Kier molecular flexibility index (Phi) is 5.73. The lowest BCUT2D eigenvalue weighted by atomic mass is 10.2. The number of amides is 2. The van der Waals surface area contributed by atoms with Crippen molar-refractivity contribution in [1.29, 1.82) is 0 Å². The van der Waals surface area contributed by atoms with Gasteiger partial charge in [0.1, 0.15) is 4.32 Å². The zero-order valence-corrected chi connectivity index (χ0v) is 16.3. The summed E-state index contributed by atoms with van der Waals surface area (Å²) in [4.78, 5) is 28.7. The number of thioether (sulfide) groups is 1. The highest BCUT2D eigenvalue weighted by atomic mass is 79.9. The van der Waals surface area contributed by atoms with Crippen molar-refractivity contribution in [1.82, 2.24) is 9.80 Å². The van der Waals surface area contributed by atoms with E-state index in [2.05, 4.69) is 15.9 Å². The van der Waals surface area contributed by atoms with E-state index in [0.29, 0.717) is 22.2 Å². The molecule has 4 nitrogen and oxygen atoms in total. The SMILES string of the molecule is O=C(CCN1C(=O)C(=Cc2cccc(Br)c2)SC1=S)N1CCCC1. The molecule has 0 spiro atoms. The summed E-state index contributed by atoms with van der Waals surface area (Å²) in [6.45, 7) is 2.02. The van der Waals surface area contributed by atoms with Crippen molar-refractivity contribution in [3.8, 4) is 0 Å². The minimum atomic E-state index is -0.112. The average Bonchev–Trinajstić information content (AvgIpc) is 3.16. The van der Waals surface area contributed by atoms with Gasteiger partial charge in [-0.2, -0.15) is 0 Å². The van der Waals surface area contributed by atoms with Crippen LogP contribution >= 0.6 is 39.9 Å². The zero-order valence-electron chi connectivity index (χ0n) is 13.0. The number of likely N-dealkylation sites (tertiary alicyclic amines) is 1. The molecule has 2 fully saturated rings. The molecule has 0 radical (unpaired) electrons. The number of hydrogen-bond donors (Lipinski definition) is 0. The molecule has 7 heteroatoms. The Hall–Kier alpha value is -1.18. The predicted octanol–water partition coefficient (Wildman–Crippen LogP) is 3.66. The van der Waals surface area contributed by atoms with Gasteiger partial charge in [-0.3, -0.25) is 14.5 Å². The van der Waals surface area contributed by atoms with E-state index in [1.165, 1.54) is 16.7 Å². The Labute approximate surface area is 159 Å². The fourth-order valence-corrected chi connectivity index (χ4v) is 4.50. The summed E-state index contributed by atoms with van der Waals surface area (Å²) in [6, 6.07) is 7.75. The van der Waals surface area contributed by atoms with Crippen LogP contribution in [-0.4, -0.2) is 45.6 Å². The maximum atomic E-state index is 12.6. The van der Waals surface area contributed by atoms with E-state index >= 15 is 0 Å². The highest BCUT2D eigenvalue weighted by Crippen LogP contribution is 2.33. The lowest BCUT2D eigenvalue weighted by Gasteiger charge is -2.18. The summed E-state index contributed by atoms with van der Waals surface area (Å²) in [5.41, 5.74) is 0.943. The number of thiocarbonyl (C=S) groups is 1. The summed E-state index contributed by atoms with van der Waals surface area (Å²) < 4.78 is 1.48. The monoisotopic (exact) mass is 424 g/mol. The molecule has 0 unspecified atom stereocenters. The second-order valence-corrected chi connectivity index (χ2v) is 8.32. The molecule has 0 aliphatic carbocycles. The van der Waals surface area contributed by atoms with Crippen LogP contribution in [0.2, 0.25) is 0 Å². The minimum absolute atomic E-state index is 0.109. The Morgan fingerprint density at radius 2 is 2.08 bits per heavy atom. The van der Waals surface area contributed by atoms with Crippen LogP contribution in [0.5, 0.6) is 0 Å². The highest BCUT2D eigenvalue weighted by Gasteiger charge is 2.32. The van der Waals surface area contributed by atoms with E-state index in [1.807, 2.05) is 35.2 Å². The summed E-state index contributed by atoms with van der Waals surface area (Å²) in [5.74, 6) is -0.00304. The number of benzene rings is 1. The van der Waals surface area contributed by atoms with Gasteiger partial charge in [0.15, 0.2) is 0 Å². The maximum absolute atomic E-state index is 12.6. The van der Waals surface area contributed by atoms with E-state index in [0.717, 1.165) is 36.0 Å². The number of hydrogen-bond acceptors (Lipinski definition) is 4. The number of halogens is 1. The molecule has 0 N–H and O–H groups in total. The number of carbonyl (C=O) groups is 2. The molecular formula is C17H17BrN2O2S2. The van der Waals surface area contributed by atoms with Gasteiger partial charge >= 0.3 is 0 Å². The topological polar surface area (TPSA) is 40.6 Å². The minimum Gasteiger partial charge on any atom is -0.343 e. The van der Waals surface area contributed by atoms with Gasteiger partial charge in [-0.25, -0.2) is 0 Å². The normalized spacial score (nSPS) is 19.6. The van der Waals surface area contributed by atoms with Crippen molar-refractivity contribution in [2.75, 3.05) is 19.6 Å². The highest BCUT2D eigenvalue weighted by molar-refractivity contribution is 9.10. The van der Waals surface area contributed by atoms with Crippen molar-refractivity contribution < 1.29 is 9.59 Å². The Balaban J connectivity index is 1.64. The van der Waals surface area contributed by atoms with E-state index < -0.39 is 0 Å². The van der Waals surface area contributed by atoms with Gasteiger partial charge in [0.2, 0.25) is 5.91 Å². The van der Waals surface area contributed by atoms with Crippen LogP contribution < -0.4 is 0 Å². The molecule has 1 aromatic rings. The first-order chi connectivity index (χ1) is 11.5. The van der Waals surface area contributed by atoms with E-state index in [4.69, 9.17) is 12.2 Å². The standard InChI is InChI=1S/C17H17BrN2O2S2/c18-13-5-3-4-12(10-13)11-14-16(22)20(17(23)24-14)9-6-15(21)19-7-1-2-8-19/h3-5,10-11H,1-2,6-9H2. The first kappa shape index (κ1) is 17.6. The molecule has 2 aliphatic rings. The van der Waals surface area contributed by atoms with Gasteiger partial charge in [-0.15, -0.1) is 0 Å². The van der Waals surface area contributed by atoms with Crippen LogP contribution in [0.3, 0.4) is 0 Å². The van der Waals surface area contributed by atoms with Crippen molar-refractivity contribution in [3.05, 3.63) is 39.2 Å². The largest absolute Gasteiger partial charge is 0.343 e. The lowest BCUT2D eigenvalue weighted by molar-refractivity contribution is -0.130. The van der Waals surface area contributed by atoms with Crippen LogP contribution in [0, 0.1) is 0 Å². The number of rotatable bonds is 4. The van der Waals surface area contributed by atoms with Crippen molar-refractivity contribution >= 4 is 62.1 Å². The van der Waals surface area contributed by atoms with Crippen molar-refractivity contribution in [2.45, 2.75) is 19.3 Å². The second-order valence-electron chi connectivity index (χ2n) is 5.73. The van der Waals surface area contributed by atoms with Crippen LogP contribution in [0.1, 0.15) is 24.8 Å². The first-order valence-corrected chi connectivity index (χ1v) is 9.85. The van der Waals surface area contributed by atoms with Crippen molar-refractivity contribution in [3.63, 3.8) is 0 Å². The predicted molar refractivity (Wildman–Crippen MR) is 104 cm³/mol. The lowest BCUT2D eigenvalue weighted by Crippen LogP contribution is -2.34. The zero-order chi connectivity index (χ0) is 17.1. The quantitative estimate of drug-likeness (QED) is 0.546. The molecule has 3 rings (SSSR count). The fraction of sp³-hybridized carbons (Fsp3) is 0.353. The molecule has 1 aromatic carbocycles. The van der Waals surface area contributed by atoms with Crippen LogP contribution in [0.4, 0.5) is 0 Å². The van der Waals surface area contributed by atoms with E-state index in [-0.39, 0.29) is 11.8 Å². The second kappa shape index (κ2) is 7.80. The fourth-order valence-electron chi connectivity index (χ4n) is 2.77. The van der Waals surface area contributed by atoms with Crippen LogP contribution in [0.15, 0.2) is 33.6 Å². The molecule has 0 atom stereocenters. The van der Waals surface area contributed by atoms with Gasteiger partial charge in [0.25, 0.3) is 5.91 Å². The smallest absolute Gasteiger partial charge is 0.266 e. The third kappa shape index (κ3) is 4.07. The summed E-state index contributed by atoms with van der Waals surface area (Å²) in [6.07, 6.45) is 4.31. The van der Waals surface area contributed by atoms with Crippen LogP contribution in [-0.2, 0) is 9.59 Å². The average molecular weight is 425 g/mol. The molecule has 2 saturated heterocycles. The molecule has 24 heavy (non-hydrogen) atoms. The summed E-state index contributed by atoms with van der Waals surface area (Å²) in [7, 11) is 0. The third-order valence-corrected chi connectivity index (χ3v) is 5.90. The number of nitrogens with zero attached hydrogens (tertiary/aromatic N) is 2. The molecule has 0 saturated carbocycles. The van der Waals surface area contributed by atoms with Gasteiger partial charge in [0.05, 0.1) is 4.91 Å². The third-order valence-electron chi connectivity index (χ3n) is 4.03. The van der Waals surface area contributed by atoms with Gasteiger partial charge in [-0.05, 0) is 36.6 Å². The molecule has 0 bridgehead atoms. The van der Waals surface area contributed by atoms with Gasteiger partial charge < -0.3 is 4.90 Å². The van der Waals surface area contributed by atoms with E-state index in [1.54, 1.807) is 0 Å². The molecule has 2 heterocycles. The maximum Gasteiger partial charge on any atom is 0.266 e. The Morgan fingerprint density at radius 3 is 2.79 bits per heavy atom. The molecule has 2 amide bonds. The Bertz CT molecular complexity index is 714.